The van der Waals surface area contributed by atoms with Gasteiger partial charge in [-0.1, -0.05) is 13.8 Å². The van der Waals surface area contributed by atoms with Crippen LogP contribution in [0.5, 0.6) is 0 Å². The van der Waals surface area contributed by atoms with Crippen LogP contribution >= 0.6 is 0 Å². The van der Waals surface area contributed by atoms with E-state index in [1.165, 1.54) is 16.4 Å². The molecule has 0 spiro atoms. The maximum absolute atomic E-state index is 13.2. The van der Waals surface area contributed by atoms with E-state index in [2.05, 4.69) is 18.7 Å². The molecule has 7 heteroatoms. The van der Waals surface area contributed by atoms with E-state index >= 15 is 0 Å². The second-order valence-corrected chi connectivity index (χ2v) is 10.8. The first kappa shape index (κ1) is 18.9. The minimum atomic E-state index is -3.50. The molecule has 2 aliphatic carbocycles. The molecule has 2 atom stereocenters. The first-order valence-electron chi connectivity index (χ1n) is 9.67. The van der Waals surface area contributed by atoms with Gasteiger partial charge in [0.1, 0.15) is 11.6 Å². The van der Waals surface area contributed by atoms with E-state index in [-0.39, 0.29) is 22.8 Å². The van der Waals surface area contributed by atoms with Gasteiger partial charge in [0.2, 0.25) is 10.0 Å². The monoisotopic (exact) mass is 394 g/mol. The van der Waals surface area contributed by atoms with Gasteiger partial charge in [0.05, 0.1) is 5.75 Å². The van der Waals surface area contributed by atoms with Gasteiger partial charge in [-0.2, -0.15) is 4.31 Å². The third-order valence-electron chi connectivity index (χ3n) is 7.39. The number of carbonyl (C=O) groups is 1. The Morgan fingerprint density at radius 2 is 1.74 bits per heavy atom. The molecule has 27 heavy (non-hydrogen) atoms. The lowest BCUT2D eigenvalue weighted by molar-refractivity contribution is -0.128. The molecule has 3 aliphatic rings. The Balaban J connectivity index is 1.46. The van der Waals surface area contributed by atoms with Gasteiger partial charge in [0.15, 0.2) is 0 Å². The number of Topliss-reactive ketones (excluding diaryl/α,β-unsaturated/α-hetero) is 1. The summed E-state index contributed by atoms with van der Waals surface area (Å²) in [6.07, 6.45) is 2.17. The number of hydrogen-bond acceptors (Lipinski definition) is 4. The molecule has 1 aliphatic heterocycles. The molecular formula is C20H27FN2O3S. The molecule has 5 nitrogen and oxygen atoms in total. The topological polar surface area (TPSA) is 57.7 Å². The molecule has 1 saturated heterocycles. The van der Waals surface area contributed by atoms with Crippen molar-refractivity contribution in [1.82, 2.24) is 4.31 Å². The minimum Gasteiger partial charge on any atom is -0.369 e. The van der Waals surface area contributed by atoms with Crippen LogP contribution in [-0.2, 0) is 14.8 Å². The van der Waals surface area contributed by atoms with E-state index in [4.69, 9.17) is 0 Å². The molecule has 3 fully saturated rings. The zero-order chi connectivity index (χ0) is 19.4. The summed E-state index contributed by atoms with van der Waals surface area (Å²) in [5.74, 6) is 0.115. The molecule has 2 bridgehead atoms. The quantitative estimate of drug-likeness (QED) is 0.788. The first-order chi connectivity index (χ1) is 12.7. The first-order valence-corrected chi connectivity index (χ1v) is 11.3. The fourth-order valence-electron chi connectivity index (χ4n) is 5.39. The van der Waals surface area contributed by atoms with Crippen molar-refractivity contribution in [1.29, 1.82) is 0 Å². The molecule has 2 saturated carbocycles. The second-order valence-electron chi connectivity index (χ2n) is 8.79. The standard InChI is InChI=1S/C20H27FN2O3S/c1-19(2)15-7-8-20(19,18(24)13-15)14-27(25,26)23-11-9-22(10-12-23)17-5-3-16(21)4-6-17/h3-6,15H,7-14H2,1-2H3/t15-,20+/m1/s1. The number of hydrogen-bond donors (Lipinski definition) is 0. The van der Waals surface area contributed by atoms with Crippen LogP contribution in [0.3, 0.4) is 0 Å². The van der Waals surface area contributed by atoms with Gasteiger partial charge >= 0.3 is 0 Å². The van der Waals surface area contributed by atoms with Gasteiger partial charge < -0.3 is 4.90 Å². The molecular weight excluding hydrogens is 367 g/mol. The lowest BCUT2D eigenvalue weighted by Crippen LogP contribution is -2.52. The zero-order valence-electron chi connectivity index (χ0n) is 15.9. The molecule has 0 N–H and O–H groups in total. The largest absolute Gasteiger partial charge is 0.369 e. The minimum absolute atomic E-state index is 0.0567. The Hall–Kier alpha value is -1.47. The number of rotatable bonds is 4. The zero-order valence-corrected chi connectivity index (χ0v) is 16.8. The number of ketones is 1. The normalized spacial score (nSPS) is 30.9. The van der Waals surface area contributed by atoms with Crippen LogP contribution < -0.4 is 4.90 Å². The second kappa shape index (κ2) is 6.27. The van der Waals surface area contributed by atoms with Gasteiger partial charge in [0, 0.05) is 43.7 Å². The van der Waals surface area contributed by atoms with E-state index in [9.17, 15) is 17.6 Å². The van der Waals surface area contributed by atoms with Crippen molar-refractivity contribution in [2.45, 2.75) is 33.1 Å². The van der Waals surface area contributed by atoms with Crippen LogP contribution in [-0.4, -0.2) is 50.4 Å². The van der Waals surface area contributed by atoms with Gasteiger partial charge in [0.25, 0.3) is 0 Å². The fraction of sp³-hybridized carbons (Fsp3) is 0.650. The number of anilines is 1. The summed E-state index contributed by atoms with van der Waals surface area (Å²) in [6, 6.07) is 6.28. The summed E-state index contributed by atoms with van der Waals surface area (Å²) >= 11 is 0. The predicted octanol–water partition coefficient (Wildman–Crippen LogP) is 2.67. The third-order valence-corrected chi connectivity index (χ3v) is 9.40. The van der Waals surface area contributed by atoms with Gasteiger partial charge in [-0.3, -0.25) is 4.79 Å². The highest BCUT2D eigenvalue weighted by atomic mass is 32.2. The molecule has 148 valence electrons. The van der Waals surface area contributed by atoms with Gasteiger partial charge in [-0.15, -0.1) is 0 Å². The van der Waals surface area contributed by atoms with E-state index in [0.717, 1.165) is 12.1 Å². The number of benzene rings is 1. The highest BCUT2D eigenvalue weighted by Gasteiger charge is 2.65. The Morgan fingerprint density at radius 3 is 2.26 bits per heavy atom. The molecule has 0 unspecified atom stereocenters. The highest BCUT2D eigenvalue weighted by molar-refractivity contribution is 7.89. The van der Waals surface area contributed by atoms with Crippen LogP contribution in [0.2, 0.25) is 0 Å². The van der Waals surface area contributed by atoms with Crippen LogP contribution in [0.4, 0.5) is 10.1 Å². The molecule has 0 amide bonds. The van der Waals surface area contributed by atoms with E-state index in [1.54, 1.807) is 12.1 Å². The van der Waals surface area contributed by atoms with E-state index < -0.39 is 15.4 Å². The number of carbonyl (C=O) groups excluding carboxylic acids is 1. The average Bonchev–Trinajstić information content (AvgIpc) is 2.96. The molecule has 1 heterocycles. The lowest BCUT2D eigenvalue weighted by Gasteiger charge is -2.40. The Bertz CT molecular complexity index is 844. The van der Waals surface area contributed by atoms with Crippen molar-refractivity contribution in [3.8, 4) is 0 Å². The number of fused-ring (bicyclic) bond motifs is 2. The Kier molecular flexibility index (Phi) is 4.38. The summed E-state index contributed by atoms with van der Waals surface area (Å²) in [4.78, 5) is 14.7. The number of nitrogens with zero attached hydrogens (tertiary/aromatic N) is 2. The van der Waals surface area contributed by atoms with Gasteiger partial charge in [-0.25, -0.2) is 12.8 Å². The number of sulfonamides is 1. The molecule has 4 rings (SSSR count). The molecule has 1 aromatic rings. The predicted molar refractivity (Wildman–Crippen MR) is 103 cm³/mol. The van der Waals surface area contributed by atoms with E-state index in [1.807, 2.05) is 0 Å². The van der Waals surface area contributed by atoms with Crippen LogP contribution in [0.25, 0.3) is 0 Å². The highest BCUT2D eigenvalue weighted by Crippen LogP contribution is 2.64. The summed E-state index contributed by atoms with van der Waals surface area (Å²) in [5.41, 5.74) is -0.0599. The molecule has 1 aromatic carbocycles. The SMILES string of the molecule is CC1(C)[C@@H]2CC[C@]1(CS(=O)(=O)N1CCN(c3ccc(F)cc3)CC1)C(=O)C2. The van der Waals surface area contributed by atoms with Crippen molar-refractivity contribution in [3.63, 3.8) is 0 Å². The summed E-state index contributed by atoms with van der Waals surface area (Å²) in [5, 5.41) is 0. The maximum atomic E-state index is 13.2. The molecule has 0 aromatic heterocycles. The van der Waals surface area contributed by atoms with Crippen LogP contribution in [0.1, 0.15) is 33.1 Å². The Labute approximate surface area is 160 Å². The summed E-state index contributed by atoms with van der Waals surface area (Å²) in [7, 11) is -3.50. The van der Waals surface area contributed by atoms with Crippen LogP contribution in [0, 0.1) is 22.6 Å². The lowest BCUT2D eigenvalue weighted by atomic mass is 9.70. The number of halogens is 1. The van der Waals surface area contributed by atoms with Crippen molar-refractivity contribution in [3.05, 3.63) is 30.1 Å². The maximum Gasteiger partial charge on any atom is 0.215 e. The van der Waals surface area contributed by atoms with Gasteiger partial charge in [-0.05, 0) is 48.4 Å². The Morgan fingerprint density at radius 1 is 1.11 bits per heavy atom. The summed E-state index contributed by atoms with van der Waals surface area (Å²) in [6.45, 7) is 6.06. The molecule has 0 radical (unpaired) electrons. The van der Waals surface area contributed by atoms with Crippen molar-refractivity contribution in [2.75, 3.05) is 36.8 Å². The van der Waals surface area contributed by atoms with Crippen molar-refractivity contribution in [2.24, 2.45) is 16.7 Å². The average molecular weight is 395 g/mol. The van der Waals surface area contributed by atoms with Crippen molar-refractivity contribution >= 4 is 21.5 Å². The number of piperazine rings is 1. The smallest absolute Gasteiger partial charge is 0.215 e. The van der Waals surface area contributed by atoms with E-state index in [0.29, 0.717) is 44.9 Å². The third kappa shape index (κ3) is 2.90. The van der Waals surface area contributed by atoms with Crippen LogP contribution in [0.15, 0.2) is 24.3 Å². The van der Waals surface area contributed by atoms with Crippen molar-refractivity contribution < 1.29 is 17.6 Å². The summed E-state index contributed by atoms with van der Waals surface area (Å²) < 4.78 is 40.9. The fourth-order valence-corrected chi connectivity index (χ4v) is 7.59.